The average Bonchev–Trinajstić information content (AvgIpc) is 3.14. The fourth-order valence-electron chi connectivity index (χ4n) is 3.99. The molecule has 2 aromatic rings. The van der Waals surface area contributed by atoms with Gasteiger partial charge in [-0.15, -0.1) is 11.3 Å². The summed E-state index contributed by atoms with van der Waals surface area (Å²) in [5, 5.41) is 8.89. The minimum absolute atomic E-state index is 0.0897. The molecule has 0 spiro atoms. The molecule has 1 aromatic heterocycles. The fraction of sp³-hybridized carbons (Fsp3) is 0.474. The minimum atomic E-state index is -3.73. The molecule has 3 heterocycles. The van der Waals surface area contributed by atoms with E-state index in [1.807, 2.05) is 4.90 Å². The number of hydrogen-bond acceptors (Lipinski definition) is 5. The first kappa shape index (κ1) is 21.4. The Kier molecular flexibility index (Phi) is 5.93. The highest BCUT2D eigenvalue weighted by Gasteiger charge is 2.35. The summed E-state index contributed by atoms with van der Waals surface area (Å²) >= 11 is 7.18. The molecule has 11 heteroatoms. The van der Waals surface area contributed by atoms with E-state index in [1.165, 1.54) is 15.6 Å². The Bertz CT molecular complexity index is 1080. The molecule has 30 heavy (non-hydrogen) atoms. The van der Waals surface area contributed by atoms with Crippen molar-refractivity contribution in [2.24, 2.45) is 11.7 Å². The highest BCUT2D eigenvalue weighted by molar-refractivity contribution is 7.91. The smallest absolute Gasteiger partial charge is 0.253 e. The number of carbonyl (C=O) groups is 1. The van der Waals surface area contributed by atoms with Gasteiger partial charge < -0.3 is 15.5 Å². The summed E-state index contributed by atoms with van der Waals surface area (Å²) in [4.78, 5) is 16.3. The Labute approximate surface area is 184 Å². The zero-order valence-electron chi connectivity index (χ0n) is 16.4. The molecule has 4 rings (SSSR count). The van der Waals surface area contributed by atoms with Crippen LogP contribution < -0.4 is 5.73 Å². The number of piperidine rings is 1. The number of hydrogen-bond donors (Lipinski definition) is 2. The Hall–Kier alpha value is -1.88. The second-order valence-corrected chi connectivity index (χ2v) is 11.4. The third-order valence-corrected chi connectivity index (χ3v) is 9.40. The van der Waals surface area contributed by atoms with Gasteiger partial charge in [-0.2, -0.15) is 4.31 Å². The van der Waals surface area contributed by atoms with Crippen LogP contribution in [0.25, 0.3) is 10.1 Å². The molecular weight excluding hydrogens is 446 g/mol. The van der Waals surface area contributed by atoms with Crippen LogP contribution in [-0.2, 0) is 14.8 Å². The topological polar surface area (TPSA) is 111 Å². The monoisotopic (exact) mass is 469 g/mol. The molecule has 2 aliphatic heterocycles. The first-order valence-corrected chi connectivity index (χ1v) is 12.4. The summed E-state index contributed by atoms with van der Waals surface area (Å²) in [6.45, 7) is 2.61. The van der Waals surface area contributed by atoms with Crippen molar-refractivity contribution in [1.82, 2.24) is 14.1 Å². The maximum atomic E-state index is 13.1. The van der Waals surface area contributed by atoms with Gasteiger partial charge in [-0.1, -0.05) is 17.7 Å². The molecule has 3 N–H and O–H groups in total. The van der Waals surface area contributed by atoms with Crippen LogP contribution in [0.5, 0.6) is 0 Å². The summed E-state index contributed by atoms with van der Waals surface area (Å²) in [5.74, 6) is 0.273. The van der Waals surface area contributed by atoms with E-state index in [0.717, 1.165) is 36.0 Å². The molecule has 8 nitrogen and oxygen atoms in total. The van der Waals surface area contributed by atoms with Gasteiger partial charge in [0.05, 0.1) is 6.54 Å². The van der Waals surface area contributed by atoms with E-state index in [9.17, 15) is 13.2 Å². The fourth-order valence-corrected chi connectivity index (χ4v) is 7.20. The second-order valence-electron chi connectivity index (χ2n) is 7.74. The number of amides is 1. The lowest BCUT2D eigenvalue weighted by Crippen LogP contribution is -2.53. The predicted octanol–water partition coefficient (Wildman–Crippen LogP) is 1.99. The lowest BCUT2D eigenvalue weighted by molar-refractivity contribution is -0.134. The highest BCUT2D eigenvalue weighted by Crippen LogP contribution is 2.33. The van der Waals surface area contributed by atoms with Crippen molar-refractivity contribution in [3.63, 3.8) is 0 Å². The molecule has 1 aromatic carbocycles. The van der Waals surface area contributed by atoms with Crippen LogP contribution in [0.3, 0.4) is 0 Å². The van der Waals surface area contributed by atoms with Gasteiger partial charge in [0, 0.05) is 42.4 Å². The van der Waals surface area contributed by atoms with Gasteiger partial charge in [0.15, 0.2) is 5.96 Å². The SMILES string of the molecule is N=C(N)N1CCC(CN2CCN(S(=O)(=O)c3cc4ccc(Cl)cc4s3)CC2=O)CC1. The number of nitrogens with zero attached hydrogens (tertiary/aromatic N) is 3. The van der Waals surface area contributed by atoms with Crippen molar-refractivity contribution >= 4 is 54.9 Å². The van der Waals surface area contributed by atoms with Gasteiger partial charge in [-0.25, -0.2) is 8.42 Å². The number of guanidine groups is 1. The normalized spacial score (nSPS) is 19.6. The number of nitrogens with one attached hydrogen (secondary N) is 1. The van der Waals surface area contributed by atoms with Crippen LogP contribution in [0.2, 0.25) is 5.02 Å². The minimum Gasteiger partial charge on any atom is -0.370 e. The summed E-state index contributed by atoms with van der Waals surface area (Å²) in [5.41, 5.74) is 5.53. The van der Waals surface area contributed by atoms with Crippen LogP contribution >= 0.6 is 22.9 Å². The van der Waals surface area contributed by atoms with Crippen molar-refractivity contribution in [3.05, 3.63) is 29.3 Å². The maximum Gasteiger partial charge on any atom is 0.253 e. The number of likely N-dealkylation sites (tertiary alicyclic amines) is 1. The van der Waals surface area contributed by atoms with Crippen molar-refractivity contribution in [3.8, 4) is 0 Å². The Morgan fingerprint density at radius 2 is 1.93 bits per heavy atom. The molecule has 2 saturated heterocycles. The molecule has 0 aliphatic carbocycles. The number of rotatable bonds is 4. The van der Waals surface area contributed by atoms with Crippen LogP contribution in [-0.4, -0.2) is 73.7 Å². The Morgan fingerprint density at radius 3 is 2.60 bits per heavy atom. The standard InChI is InChI=1S/C19H24ClN5O3S2/c20-15-2-1-14-9-18(29-16(14)10-15)30(27,28)25-8-7-24(17(26)12-25)11-13-3-5-23(6-4-13)19(21)22/h1-2,9-10,13H,3-8,11-12H2,(H3,21,22). The molecule has 0 unspecified atom stereocenters. The summed E-state index contributed by atoms with van der Waals surface area (Å²) in [6.07, 6.45) is 1.74. The summed E-state index contributed by atoms with van der Waals surface area (Å²) in [7, 11) is -3.73. The maximum absolute atomic E-state index is 13.1. The summed E-state index contributed by atoms with van der Waals surface area (Å²) < 4.78 is 28.5. The molecule has 0 bridgehead atoms. The molecule has 1 amide bonds. The first-order chi connectivity index (χ1) is 14.2. The number of benzene rings is 1. The number of halogens is 1. The van der Waals surface area contributed by atoms with Gasteiger partial charge in [0.25, 0.3) is 10.0 Å². The van der Waals surface area contributed by atoms with Gasteiger partial charge in [0.1, 0.15) is 4.21 Å². The Balaban J connectivity index is 1.39. The molecule has 0 atom stereocenters. The van der Waals surface area contributed by atoms with E-state index in [1.54, 1.807) is 29.2 Å². The number of carbonyl (C=O) groups excluding carboxylic acids is 1. The second kappa shape index (κ2) is 8.33. The average molecular weight is 470 g/mol. The van der Waals surface area contributed by atoms with Gasteiger partial charge in [0.2, 0.25) is 5.91 Å². The largest absolute Gasteiger partial charge is 0.370 e. The van der Waals surface area contributed by atoms with Crippen LogP contribution in [0.15, 0.2) is 28.5 Å². The zero-order valence-corrected chi connectivity index (χ0v) is 18.8. The van der Waals surface area contributed by atoms with E-state index in [2.05, 4.69) is 0 Å². The number of nitrogens with two attached hydrogens (primary N) is 1. The first-order valence-electron chi connectivity index (χ1n) is 9.80. The van der Waals surface area contributed by atoms with Crippen LogP contribution in [0.1, 0.15) is 12.8 Å². The lowest BCUT2D eigenvalue weighted by Gasteiger charge is -2.38. The van der Waals surface area contributed by atoms with Crippen LogP contribution in [0, 0.1) is 11.3 Å². The predicted molar refractivity (Wildman–Crippen MR) is 118 cm³/mol. The van der Waals surface area contributed by atoms with Crippen molar-refractivity contribution in [1.29, 1.82) is 5.41 Å². The van der Waals surface area contributed by atoms with E-state index in [0.29, 0.717) is 24.0 Å². The van der Waals surface area contributed by atoms with E-state index >= 15 is 0 Å². The molecule has 2 aliphatic rings. The summed E-state index contributed by atoms with van der Waals surface area (Å²) in [6, 6.07) is 6.93. The number of fused-ring (bicyclic) bond motifs is 1. The number of sulfonamides is 1. The van der Waals surface area contributed by atoms with Crippen molar-refractivity contribution < 1.29 is 13.2 Å². The van der Waals surface area contributed by atoms with E-state index in [-0.39, 0.29) is 29.2 Å². The van der Waals surface area contributed by atoms with E-state index in [4.69, 9.17) is 22.7 Å². The van der Waals surface area contributed by atoms with Gasteiger partial charge in [-0.05, 0) is 42.3 Å². The Morgan fingerprint density at radius 1 is 1.20 bits per heavy atom. The third kappa shape index (κ3) is 4.27. The highest BCUT2D eigenvalue weighted by atomic mass is 35.5. The molecule has 0 radical (unpaired) electrons. The van der Waals surface area contributed by atoms with Gasteiger partial charge in [-0.3, -0.25) is 10.2 Å². The quantitative estimate of drug-likeness (QED) is 0.525. The van der Waals surface area contributed by atoms with Gasteiger partial charge >= 0.3 is 0 Å². The number of piperazine rings is 1. The van der Waals surface area contributed by atoms with E-state index < -0.39 is 10.0 Å². The molecule has 162 valence electrons. The molecule has 2 fully saturated rings. The molecule has 0 saturated carbocycles. The number of thiophene rings is 1. The molecular formula is C19H24ClN5O3S2. The zero-order chi connectivity index (χ0) is 21.5. The lowest BCUT2D eigenvalue weighted by atomic mass is 9.96. The van der Waals surface area contributed by atoms with Crippen LogP contribution in [0.4, 0.5) is 0 Å². The van der Waals surface area contributed by atoms with Crippen molar-refractivity contribution in [2.75, 3.05) is 39.3 Å². The third-order valence-electron chi connectivity index (χ3n) is 5.77. The van der Waals surface area contributed by atoms with Crippen molar-refractivity contribution in [2.45, 2.75) is 17.1 Å².